The molecule has 0 spiro atoms. The van der Waals surface area contributed by atoms with E-state index in [9.17, 15) is 9.59 Å². The van der Waals surface area contributed by atoms with Crippen molar-refractivity contribution in [1.29, 1.82) is 0 Å². The van der Waals surface area contributed by atoms with E-state index < -0.39 is 5.54 Å². The first-order chi connectivity index (χ1) is 7.96. The second-order valence-electron chi connectivity index (χ2n) is 4.63. The number of amides is 1. The fourth-order valence-electron chi connectivity index (χ4n) is 1.42. The molecule has 0 fully saturated rings. The molecule has 4 heteroatoms. The molecule has 0 unspecified atom stereocenters. The van der Waals surface area contributed by atoms with Gasteiger partial charge in [-0.2, -0.15) is 0 Å². The van der Waals surface area contributed by atoms with Crippen LogP contribution in [-0.2, 0) is 11.2 Å². The molecule has 2 N–H and O–H groups in total. The second-order valence-corrected chi connectivity index (χ2v) is 4.63. The number of rotatable bonds is 5. The highest BCUT2D eigenvalue weighted by atomic mass is 16.3. The van der Waals surface area contributed by atoms with Gasteiger partial charge in [-0.25, -0.2) is 0 Å². The summed E-state index contributed by atoms with van der Waals surface area (Å²) in [7, 11) is 0. The van der Waals surface area contributed by atoms with Crippen LogP contribution in [0.15, 0.2) is 24.3 Å². The number of hydrogen-bond donors (Lipinski definition) is 2. The standard InChI is InChI=1S/C13H17NO3/c1-13(2,9-16)14-12(17)7-10-4-3-5-11(6-10)8-15/h3-6,8,16H,7,9H2,1-2H3,(H,14,17). The van der Waals surface area contributed by atoms with Gasteiger partial charge in [0.2, 0.25) is 5.91 Å². The van der Waals surface area contributed by atoms with Gasteiger partial charge in [0.15, 0.2) is 0 Å². The molecule has 92 valence electrons. The Hall–Kier alpha value is -1.68. The molecule has 0 saturated carbocycles. The minimum Gasteiger partial charge on any atom is -0.394 e. The monoisotopic (exact) mass is 235 g/mol. The van der Waals surface area contributed by atoms with Crippen LogP contribution in [0, 0.1) is 0 Å². The summed E-state index contributed by atoms with van der Waals surface area (Å²) in [4.78, 5) is 22.3. The fraction of sp³-hybridized carbons (Fsp3) is 0.385. The van der Waals surface area contributed by atoms with E-state index in [4.69, 9.17) is 5.11 Å². The Balaban J connectivity index is 2.65. The van der Waals surface area contributed by atoms with Crippen LogP contribution in [0.1, 0.15) is 29.8 Å². The van der Waals surface area contributed by atoms with E-state index in [-0.39, 0.29) is 18.9 Å². The third-order valence-electron chi connectivity index (χ3n) is 2.32. The zero-order chi connectivity index (χ0) is 12.9. The van der Waals surface area contributed by atoms with Crippen molar-refractivity contribution in [2.75, 3.05) is 6.61 Å². The largest absolute Gasteiger partial charge is 0.394 e. The molecule has 0 aliphatic carbocycles. The molecular weight excluding hydrogens is 218 g/mol. The predicted molar refractivity (Wildman–Crippen MR) is 64.8 cm³/mol. The average molecular weight is 235 g/mol. The lowest BCUT2D eigenvalue weighted by atomic mass is 10.0. The molecule has 1 aromatic carbocycles. The zero-order valence-electron chi connectivity index (χ0n) is 10.1. The van der Waals surface area contributed by atoms with E-state index in [0.29, 0.717) is 5.56 Å². The molecular formula is C13H17NO3. The van der Waals surface area contributed by atoms with E-state index in [0.717, 1.165) is 11.8 Å². The van der Waals surface area contributed by atoms with Crippen molar-refractivity contribution < 1.29 is 14.7 Å². The first-order valence-corrected chi connectivity index (χ1v) is 5.43. The minimum atomic E-state index is -0.626. The molecule has 1 amide bonds. The lowest BCUT2D eigenvalue weighted by Gasteiger charge is -2.23. The highest BCUT2D eigenvalue weighted by Crippen LogP contribution is 2.06. The van der Waals surface area contributed by atoms with E-state index in [1.807, 2.05) is 0 Å². The molecule has 0 saturated heterocycles. The molecule has 1 aromatic rings. The Bertz CT molecular complexity index is 413. The molecule has 1 rings (SSSR count). The number of nitrogens with one attached hydrogen (secondary N) is 1. The molecule has 0 bridgehead atoms. The first kappa shape index (κ1) is 13.4. The van der Waals surface area contributed by atoms with Gasteiger partial charge in [-0.15, -0.1) is 0 Å². The maximum Gasteiger partial charge on any atom is 0.224 e. The summed E-state index contributed by atoms with van der Waals surface area (Å²) < 4.78 is 0. The quantitative estimate of drug-likeness (QED) is 0.746. The van der Waals surface area contributed by atoms with Crippen molar-refractivity contribution in [3.63, 3.8) is 0 Å². The Morgan fingerprint density at radius 3 is 2.76 bits per heavy atom. The number of carbonyl (C=O) groups is 2. The summed E-state index contributed by atoms with van der Waals surface area (Å²) in [6.45, 7) is 3.37. The zero-order valence-corrected chi connectivity index (χ0v) is 10.1. The van der Waals surface area contributed by atoms with Crippen molar-refractivity contribution in [2.24, 2.45) is 0 Å². The van der Waals surface area contributed by atoms with Gasteiger partial charge in [-0.3, -0.25) is 9.59 Å². The van der Waals surface area contributed by atoms with Gasteiger partial charge in [0.25, 0.3) is 0 Å². The summed E-state index contributed by atoms with van der Waals surface area (Å²) in [5.74, 6) is -0.174. The Morgan fingerprint density at radius 2 is 2.18 bits per heavy atom. The first-order valence-electron chi connectivity index (χ1n) is 5.43. The van der Waals surface area contributed by atoms with Gasteiger partial charge in [0.05, 0.1) is 18.6 Å². The number of carbonyl (C=O) groups excluding carboxylic acids is 2. The van der Waals surface area contributed by atoms with Crippen molar-refractivity contribution in [3.05, 3.63) is 35.4 Å². The average Bonchev–Trinajstić information content (AvgIpc) is 2.28. The smallest absolute Gasteiger partial charge is 0.224 e. The highest BCUT2D eigenvalue weighted by Gasteiger charge is 2.18. The Morgan fingerprint density at radius 1 is 1.47 bits per heavy atom. The maximum absolute atomic E-state index is 11.7. The van der Waals surface area contributed by atoms with E-state index in [2.05, 4.69) is 5.32 Å². The van der Waals surface area contributed by atoms with Crippen molar-refractivity contribution in [1.82, 2.24) is 5.32 Å². The number of aliphatic hydroxyl groups is 1. The van der Waals surface area contributed by atoms with Gasteiger partial charge in [0.1, 0.15) is 6.29 Å². The molecule has 0 aliphatic heterocycles. The maximum atomic E-state index is 11.7. The number of benzene rings is 1. The number of aliphatic hydroxyl groups excluding tert-OH is 1. The van der Waals surface area contributed by atoms with Crippen molar-refractivity contribution >= 4 is 12.2 Å². The van der Waals surface area contributed by atoms with Gasteiger partial charge < -0.3 is 10.4 Å². The summed E-state index contributed by atoms with van der Waals surface area (Å²) in [5.41, 5.74) is 0.705. The summed E-state index contributed by atoms with van der Waals surface area (Å²) in [6.07, 6.45) is 0.949. The summed E-state index contributed by atoms with van der Waals surface area (Å²) in [5, 5.41) is 11.7. The van der Waals surface area contributed by atoms with Crippen LogP contribution in [0.4, 0.5) is 0 Å². The minimum absolute atomic E-state index is 0.118. The van der Waals surface area contributed by atoms with Crippen LogP contribution >= 0.6 is 0 Å². The van der Waals surface area contributed by atoms with Crippen LogP contribution in [-0.4, -0.2) is 29.4 Å². The van der Waals surface area contributed by atoms with Crippen molar-refractivity contribution in [2.45, 2.75) is 25.8 Å². The van der Waals surface area contributed by atoms with Crippen molar-refractivity contribution in [3.8, 4) is 0 Å². The fourth-order valence-corrected chi connectivity index (χ4v) is 1.42. The molecule has 4 nitrogen and oxygen atoms in total. The molecule has 0 aliphatic rings. The lowest BCUT2D eigenvalue weighted by Crippen LogP contribution is -2.46. The molecule has 0 atom stereocenters. The third kappa shape index (κ3) is 4.36. The summed E-state index contributed by atoms with van der Waals surface area (Å²) in [6, 6.07) is 6.90. The van der Waals surface area contributed by atoms with Crippen LogP contribution in [0.3, 0.4) is 0 Å². The molecule has 17 heavy (non-hydrogen) atoms. The topological polar surface area (TPSA) is 66.4 Å². The van der Waals surface area contributed by atoms with Crippen LogP contribution in [0.25, 0.3) is 0 Å². The Kier molecular flexibility index (Phi) is 4.40. The second kappa shape index (κ2) is 5.59. The highest BCUT2D eigenvalue weighted by molar-refractivity contribution is 5.80. The molecule has 0 heterocycles. The van der Waals surface area contributed by atoms with Crippen LogP contribution in [0.5, 0.6) is 0 Å². The van der Waals surface area contributed by atoms with Gasteiger partial charge in [-0.1, -0.05) is 18.2 Å². The lowest BCUT2D eigenvalue weighted by molar-refractivity contribution is -0.122. The summed E-state index contributed by atoms with van der Waals surface area (Å²) >= 11 is 0. The molecule has 0 radical (unpaired) electrons. The van der Waals surface area contributed by atoms with Crippen LogP contribution in [0.2, 0.25) is 0 Å². The third-order valence-corrected chi connectivity index (χ3v) is 2.32. The van der Waals surface area contributed by atoms with E-state index in [1.165, 1.54) is 0 Å². The molecule has 0 aromatic heterocycles. The predicted octanol–water partition coefficient (Wildman–Crippen LogP) is 0.929. The number of hydrogen-bond acceptors (Lipinski definition) is 3. The Labute approximate surface area is 101 Å². The SMILES string of the molecule is CC(C)(CO)NC(=O)Cc1cccc(C=O)c1. The van der Waals surface area contributed by atoms with Gasteiger partial charge in [0, 0.05) is 5.56 Å². The number of aldehydes is 1. The van der Waals surface area contributed by atoms with E-state index in [1.54, 1.807) is 38.1 Å². The van der Waals surface area contributed by atoms with Gasteiger partial charge >= 0.3 is 0 Å². The van der Waals surface area contributed by atoms with Crippen LogP contribution < -0.4 is 5.32 Å². The van der Waals surface area contributed by atoms with Gasteiger partial charge in [-0.05, 0) is 25.5 Å². The normalized spacial score (nSPS) is 11.0. The van der Waals surface area contributed by atoms with E-state index >= 15 is 0 Å².